The number of hydrogen-bond acceptors (Lipinski definition) is 4. The van der Waals surface area contributed by atoms with Crippen LogP contribution in [-0.2, 0) is 0 Å². The van der Waals surface area contributed by atoms with Crippen molar-refractivity contribution in [1.29, 1.82) is 0 Å². The van der Waals surface area contributed by atoms with Gasteiger partial charge in [-0.15, -0.1) is 0 Å². The molecular weight excluding hydrogens is 444 g/mol. The number of hydrogen-bond donors (Lipinski definition) is 4. The summed E-state index contributed by atoms with van der Waals surface area (Å²) in [7, 11) is 0. The van der Waals surface area contributed by atoms with Crippen LogP contribution >= 0.6 is 0 Å². The lowest BCUT2D eigenvalue weighted by atomic mass is 9.98. The highest BCUT2D eigenvalue weighted by molar-refractivity contribution is 4.70. The first-order valence-electron chi connectivity index (χ1n) is 16.5. The third-order valence-electron chi connectivity index (χ3n) is 7.70. The number of rotatable bonds is 31. The van der Waals surface area contributed by atoms with Crippen LogP contribution in [0.4, 0.5) is 0 Å². The molecule has 0 spiro atoms. The Morgan fingerprint density at radius 3 is 1.03 bits per heavy atom. The molecule has 0 aromatic heterocycles. The van der Waals surface area contributed by atoms with Crippen LogP contribution in [0.3, 0.4) is 0 Å². The Morgan fingerprint density at radius 1 is 0.389 bits per heavy atom. The molecule has 0 amide bonds. The fourth-order valence-corrected chi connectivity index (χ4v) is 5.26. The Hall–Kier alpha value is -0.160. The summed E-state index contributed by atoms with van der Waals surface area (Å²) in [6, 6.07) is 1.41. The summed E-state index contributed by atoms with van der Waals surface area (Å²) in [5.74, 6) is 0. The second-order valence-electron chi connectivity index (χ2n) is 11.3. The van der Waals surface area contributed by atoms with Crippen molar-refractivity contribution < 1.29 is 10.2 Å². The average Bonchev–Trinajstić information content (AvgIpc) is 2.89. The molecular formula is C32H68N2O2. The molecule has 0 bridgehead atoms. The molecule has 0 aromatic carbocycles. The molecule has 0 fully saturated rings. The molecule has 0 aliphatic heterocycles. The summed E-state index contributed by atoms with van der Waals surface area (Å²) >= 11 is 0. The van der Waals surface area contributed by atoms with E-state index in [1.165, 1.54) is 128 Å². The van der Waals surface area contributed by atoms with Gasteiger partial charge in [0.25, 0.3) is 0 Å². The molecule has 36 heavy (non-hydrogen) atoms. The van der Waals surface area contributed by atoms with Gasteiger partial charge in [-0.3, -0.25) is 0 Å². The topological polar surface area (TPSA) is 64.5 Å². The van der Waals surface area contributed by atoms with Gasteiger partial charge in [0.05, 0.1) is 0 Å². The predicted molar refractivity (Wildman–Crippen MR) is 160 cm³/mol. The van der Waals surface area contributed by atoms with Gasteiger partial charge in [-0.2, -0.15) is 0 Å². The van der Waals surface area contributed by atoms with Gasteiger partial charge in [0.1, 0.15) is 0 Å². The van der Waals surface area contributed by atoms with Gasteiger partial charge >= 0.3 is 0 Å². The SMILES string of the molecule is CCCCCCC(CCCCCCC(CCCCCC)NCCCCCCO)NCCCCCCO. The summed E-state index contributed by atoms with van der Waals surface area (Å²) in [6.45, 7) is 7.58. The van der Waals surface area contributed by atoms with E-state index in [2.05, 4.69) is 24.5 Å². The van der Waals surface area contributed by atoms with Crippen molar-refractivity contribution in [2.45, 2.75) is 180 Å². The third kappa shape index (κ3) is 26.9. The molecule has 0 saturated carbocycles. The van der Waals surface area contributed by atoms with Crippen molar-refractivity contribution in [1.82, 2.24) is 10.6 Å². The molecule has 0 heterocycles. The van der Waals surface area contributed by atoms with Crippen LogP contribution in [0, 0.1) is 0 Å². The maximum atomic E-state index is 8.95. The lowest BCUT2D eigenvalue weighted by Gasteiger charge is -2.20. The second kappa shape index (κ2) is 31.1. The average molecular weight is 513 g/mol. The van der Waals surface area contributed by atoms with Crippen LogP contribution in [0.2, 0.25) is 0 Å². The molecule has 4 nitrogen and oxygen atoms in total. The monoisotopic (exact) mass is 513 g/mol. The van der Waals surface area contributed by atoms with Crippen molar-refractivity contribution in [3.8, 4) is 0 Å². The van der Waals surface area contributed by atoms with E-state index in [0.717, 1.165) is 38.8 Å². The Morgan fingerprint density at radius 2 is 0.694 bits per heavy atom. The van der Waals surface area contributed by atoms with Crippen LogP contribution < -0.4 is 10.6 Å². The molecule has 218 valence electrons. The quantitative estimate of drug-likeness (QED) is 0.0705. The molecule has 2 atom stereocenters. The number of nitrogens with one attached hydrogen (secondary N) is 2. The molecule has 0 aromatic rings. The fourth-order valence-electron chi connectivity index (χ4n) is 5.26. The minimum Gasteiger partial charge on any atom is -0.396 e. The minimum atomic E-state index is 0.342. The maximum Gasteiger partial charge on any atom is 0.0431 e. The molecule has 0 radical (unpaired) electrons. The van der Waals surface area contributed by atoms with Gasteiger partial charge in [0, 0.05) is 25.3 Å². The first-order chi connectivity index (χ1) is 17.8. The number of aliphatic hydroxyl groups is 2. The summed E-state index contributed by atoms with van der Waals surface area (Å²) in [5, 5.41) is 25.6. The smallest absolute Gasteiger partial charge is 0.0431 e. The van der Waals surface area contributed by atoms with Crippen molar-refractivity contribution in [3.05, 3.63) is 0 Å². The van der Waals surface area contributed by atoms with Gasteiger partial charge in [-0.05, 0) is 64.5 Å². The zero-order valence-electron chi connectivity index (χ0n) is 24.8. The lowest BCUT2D eigenvalue weighted by Crippen LogP contribution is -2.30. The minimum absolute atomic E-state index is 0.342. The predicted octanol–water partition coefficient (Wildman–Crippen LogP) is 8.29. The molecule has 4 N–H and O–H groups in total. The highest BCUT2D eigenvalue weighted by Gasteiger charge is 2.10. The Bertz CT molecular complexity index is 358. The van der Waals surface area contributed by atoms with E-state index in [4.69, 9.17) is 10.2 Å². The molecule has 4 heteroatoms. The highest BCUT2D eigenvalue weighted by atomic mass is 16.3. The molecule has 0 rings (SSSR count). The van der Waals surface area contributed by atoms with Gasteiger partial charge in [-0.1, -0.05) is 117 Å². The maximum absolute atomic E-state index is 8.95. The van der Waals surface area contributed by atoms with E-state index in [1.807, 2.05) is 0 Å². The summed E-state index contributed by atoms with van der Waals surface area (Å²) in [5.41, 5.74) is 0. The standard InChI is InChI=1S/C32H68N2O2/c1-3-5-7-15-23-31(33-27-19-11-13-21-29-35)25-17-9-10-18-26-32(24-16-8-6-4-2)34-28-20-12-14-22-30-36/h31-36H,3-30H2,1-2H3. The van der Waals surface area contributed by atoms with Gasteiger partial charge in [0.15, 0.2) is 0 Å². The first kappa shape index (κ1) is 35.8. The summed E-state index contributed by atoms with van der Waals surface area (Å²) in [6.07, 6.45) is 31.0. The fraction of sp³-hybridized carbons (Fsp3) is 1.00. The molecule has 0 saturated heterocycles. The van der Waals surface area contributed by atoms with E-state index in [1.54, 1.807) is 0 Å². The Balaban J connectivity index is 4.12. The summed E-state index contributed by atoms with van der Waals surface area (Å²) < 4.78 is 0. The second-order valence-corrected chi connectivity index (χ2v) is 11.3. The highest BCUT2D eigenvalue weighted by Crippen LogP contribution is 2.16. The van der Waals surface area contributed by atoms with Crippen molar-refractivity contribution >= 4 is 0 Å². The van der Waals surface area contributed by atoms with Gasteiger partial charge in [-0.25, -0.2) is 0 Å². The van der Waals surface area contributed by atoms with E-state index in [-0.39, 0.29) is 0 Å². The van der Waals surface area contributed by atoms with Gasteiger partial charge in [0.2, 0.25) is 0 Å². The van der Waals surface area contributed by atoms with E-state index >= 15 is 0 Å². The molecule has 0 aliphatic carbocycles. The Kier molecular flexibility index (Phi) is 30.9. The van der Waals surface area contributed by atoms with Crippen LogP contribution in [0.15, 0.2) is 0 Å². The number of aliphatic hydroxyl groups excluding tert-OH is 2. The largest absolute Gasteiger partial charge is 0.396 e. The summed E-state index contributed by atoms with van der Waals surface area (Å²) in [4.78, 5) is 0. The lowest BCUT2D eigenvalue weighted by molar-refractivity contribution is 0.282. The zero-order valence-corrected chi connectivity index (χ0v) is 24.8. The van der Waals surface area contributed by atoms with Crippen LogP contribution in [0.25, 0.3) is 0 Å². The molecule has 0 aliphatic rings. The van der Waals surface area contributed by atoms with Crippen LogP contribution in [-0.4, -0.2) is 48.6 Å². The van der Waals surface area contributed by atoms with Gasteiger partial charge < -0.3 is 20.8 Å². The first-order valence-corrected chi connectivity index (χ1v) is 16.5. The Labute approximate surface area is 227 Å². The molecule has 2 unspecified atom stereocenters. The third-order valence-corrected chi connectivity index (χ3v) is 7.70. The van der Waals surface area contributed by atoms with Crippen LogP contribution in [0.1, 0.15) is 168 Å². The normalized spacial score (nSPS) is 13.3. The zero-order chi connectivity index (χ0) is 26.4. The van der Waals surface area contributed by atoms with Crippen molar-refractivity contribution in [2.75, 3.05) is 26.3 Å². The van der Waals surface area contributed by atoms with E-state index in [9.17, 15) is 0 Å². The van der Waals surface area contributed by atoms with Crippen molar-refractivity contribution in [3.63, 3.8) is 0 Å². The number of unbranched alkanes of at least 4 members (excludes halogenated alkanes) is 15. The van der Waals surface area contributed by atoms with Crippen molar-refractivity contribution in [2.24, 2.45) is 0 Å². The van der Waals surface area contributed by atoms with E-state index in [0.29, 0.717) is 25.3 Å². The van der Waals surface area contributed by atoms with Crippen LogP contribution in [0.5, 0.6) is 0 Å². The van der Waals surface area contributed by atoms with E-state index < -0.39 is 0 Å².